The molecule has 1 spiro atoms. The predicted molar refractivity (Wildman–Crippen MR) is 93.6 cm³/mol. The summed E-state index contributed by atoms with van der Waals surface area (Å²) in [5, 5.41) is 0. The molecular formula is C19H30O7. The summed E-state index contributed by atoms with van der Waals surface area (Å²) in [4.78, 5) is 24.0. The normalized spacial score (nSPS) is 30.4. The molecule has 26 heavy (non-hydrogen) atoms. The van der Waals surface area contributed by atoms with Crippen LogP contribution in [-0.2, 0) is 23.7 Å². The van der Waals surface area contributed by atoms with E-state index in [1.807, 2.05) is 13.8 Å². The molecule has 0 saturated heterocycles. The summed E-state index contributed by atoms with van der Waals surface area (Å²) >= 11 is 0. The number of ether oxygens (including phenoxy) is 5. The number of carbonyl (C=O) groups excluding carboxylic acids is 2. The van der Waals surface area contributed by atoms with Crippen LogP contribution in [0.5, 0.6) is 0 Å². The molecule has 0 radical (unpaired) electrons. The standard InChI is InChI=1S/C19H30O7/c1-12(2)19(25-15(21)24-17(6,7)8)10-9-18(26-19)11-13(18)22-14(20)23-16(3,4)5/h9-10,12-13H,11H2,1-8H3/t13?,18?,19-/m1/s1. The molecule has 1 fully saturated rings. The number of carbonyl (C=O) groups is 2. The molecule has 2 unspecified atom stereocenters. The monoisotopic (exact) mass is 370 g/mol. The molecule has 1 aliphatic carbocycles. The molecule has 0 amide bonds. The van der Waals surface area contributed by atoms with Gasteiger partial charge in [0.1, 0.15) is 22.9 Å². The number of rotatable bonds is 3. The van der Waals surface area contributed by atoms with Gasteiger partial charge in [-0.25, -0.2) is 9.59 Å². The zero-order valence-corrected chi connectivity index (χ0v) is 16.9. The molecule has 7 nitrogen and oxygen atoms in total. The Morgan fingerprint density at radius 1 is 1.00 bits per heavy atom. The van der Waals surface area contributed by atoms with Crippen molar-refractivity contribution in [2.45, 2.75) is 90.5 Å². The fourth-order valence-electron chi connectivity index (χ4n) is 2.55. The van der Waals surface area contributed by atoms with Crippen molar-refractivity contribution in [2.75, 3.05) is 0 Å². The first-order chi connectivity index (χ1) is 11.7. The van der Waals surface area contributed by atoms with Crippen molar-refractivity contribution in [3.05, 3.63) is 12.2 Å². The Labute approximate surface area is 154 Å². The zero-order chi connectivity index (χ0) is 20.0. The molecular weight excluding hydrogens is 340 g/mol. The summed E-state index contributed by atoms with van der Waals surface area (Å²) < 4.78 is 27.3. The Morgan fingerprint density at radius 2 is 1.54 bits per heavy atom. The summed E-state index contributed by atoms with van der Waals surface area (Å²) in [7, 11) is 0. The summed E-state index contributed by atoms with van der Waals surface area (Å²) in [6.45, 7) is 14.3. The van der Waals surface area contributed by atoms with Gasteiger partial charge in [0, 0.05) is 12.3 Å². The lowest BCUT2D eigenvalue weighted by atomic mass is 10.0. The van der Waals surface area contributed by atoms with Crippen LogP contribution < -0.4 is 0 Å². The second-order valence-electron chi connectivity index (χ2n) is 9.11. The van der Waals surface area contributed by atoms with E-state index in [1.165, 1.54) is 0 Å². The highest BCUT2D eigenvalue weighted by Crippen LogP contribution is 2.53. The van der Waals surface area contributed by atoms with Gasteiger partial charge in [-0.2, -0.15) is 0 Å². The van der Waals surface area contributed by atoms with Gasteiger partial charge in [0.05, 0.1) is 0 Å². The summed E-state index contributed by atoms with van der Waals surface area (Å²) in [6, 6.07) is 0. The Morgan fingerprint density at radius 3 is 2.04 bits per heavy atom. The van der Waals surface area contributed by atoms with E-state index in [9.17, 15) is 9.59 Å². The lowest BCUT2D eigenvalue weighted by molar-refractivity contribution is -0.225. The highest BCUT2D eigenvalue weighted by atomic mass is 16.8. The highest BCUT2D eigenvalue weighted by molar-refractivity contribution is 5.62. The van der Waals surface area contributed by atoms with E-state index in [0.717, 1.165) is 0 Å². The Hall–Kier alpha value is -1.76. The fourth-order valence-corrected chi connectivity index (χ4v) is 2.55. The number of hydrogen-bond donors (Lipinski definition) is 0. The van der Waals surface area contributed by atoms with E-state index in [-0.39, 0.29) is 5.92 Å². The van der Waals surface area contributed by atoms with Crippen molar-refractivity contribution in [3.8, 4) is 0 Å². The molecule has 1 heterocycles. The molecule has 148 valence electrons. The van der Waals surface area contributed by atoms with E-state index in [1.54, 1.807) is 53.7 Å². The minimum atomic E-state index is -1.26. The molecule has 1 aliphatic heterocycles. The minimum Gasteiger partial charge on any atom is -0.429 e. The molecule has 2 rings (SSSR count). The van der Waals surface area contributed by atoms with Crippen LogP contribution in [0.4, 0.5) is 9.59 Å². The smallest absolute Gasteiger partial charge is 0.429 e. The van der Waals surface area contributed by atoms with Gasteiger partial charge in [-0.15, -0.1) is 0 Å². The van der Waals surface area contributed by atoms with E-state index in [2.05, 4.69) is 0 Å². The molecule has 0 aromatic carbocycles. The van der Waals surface area contributed by atoms with Crippen LogP contribution in [0.3, 0.4) is 0 Å². The predicted octanol–water partition coefficient (Wildman–Crippen LogP) is 4.34. The Kier molecular flexibility index (Phi) is 5.09. The molecule has 3 atom stereocenters. The molecule has 1 saturated carbocycles. The molecule has 2 aliphatic rings. The van der Waals surface area contributed by atoms with Crippen LogP contribution in [0.25, 0.3) is 0 Å². The SMILES string of the molecule is CC(C)[C@@]1(OC(=O)OC(C)(C)C)C=CC2(CC2OC(=O)OC(C)(C)C)O1. The Balaban J connectivity index is 2.00. The van der Waals surface area contributed by atoms with Gasteiger partial charge in [-0.05, 0) is 53.7 Å². The average Bonchev–Trinajstić information content (AvgIpc) is 2.86. The van der Waals surface area contributed by atoms with Crippen molar-refractivity contribution in [1.82, 2.24) is 0 Å². The third-order valence-corrected chi connectivity index (χ3v) is 3.90. The van der Waals surface area contributed by atoms with Crippen LogP contribution in [0, 0.1) is 5.92 Å². The van der Waals surface area contributed by atoms with Crippen LogP contribution in [-0.4, -0.2) is 41.0 Å². The van der Waals surface area contributed by atoms with Gasteiger partial charge in [-0.3, -0.25) is 0 Å². The molecule has 7 heteroatoms. The first-order valence-corrected chi connectivity index (χ1v) is 8.89. The van der Waals surface area contributed by atoms with Crippen molar-refractivity contribution in [2.24, 2.45) is 5.92 Å². The minimum absolute atomic E-state index is 0.159. The molecule has 0 aromatic heterocycles. The fraction of sp³-hybridized carbons (Fsp3) is 0.789. The van der Waals surface area contributed by atoms with Crippen molar-refractivity contribution < 1.29 is 33.3 Å². The highest BCUT2D eigenvalue weighted by Gasteiger charge is 2.65. The van der Waals surface area contributed by atoms with Gasteiger partial charge in [0.15, 0.2) is 0 Å². The maximum atomic E-state index is 12.1. The van der Waals surface area contributed by atoms with E-state index in [0.29, 0.717) is 6.42 Å². The van der Waals surface area contributed by atoms with Crippen molar-refractivity contribution in [3.63, 3.8) is 0 Å². The van der Waals surface area contributed by atoms with E-state index >= 15 is 0 Å². The van der Waals surface area contributed by atoms with Gasteiger partial charge in [-0.1, -0.05) is 13.8 Å². The van der Waals surface area contributed by atoms with Gasteiger partial charge in [0.25, 0.3) is 0 Å². The average molecular weight is 370 g/mol. The summed E-state index contributed by atoms with van der Waals surface area (Å²) in [5.41, 5.74) is -2.09. The zero-order valence-electron chi connectivity index (χ0n) is 16.9. The van der Waals surface area contributed by atoms with Crippen LogP contribution in [0.1, 0.15) is 61.8 Å². The topological polar surface area (TPSA) is 80.3 Å². The van der Waals surface area contributed by atoms with E-state index in [4.69, 9.17) is 23.7 Å². The van der Waals surface area contributed by atoms with Crippen molar-refractivity contribution >= 4 is 12.3 Å². The van der Waals surface area contributed by atoms with E-state index < -0.39 is 41.0 Å². The first kappa shape index (κ1) is 20.6. The maximum absolute atomic E-state index is 12.1. The Bertz CT molecular complexity index is 596. The lowest BCUT2D eigenvalue weighted by Crippen LogP contribution is -2.43. The van der Waals surface area contributed by atoms with Crippen LogP contribution >= 0.6 is 0 Å². The van der Waals surface area contributed by atoms with Crippen LogP contribution in [0.2, 0.25) is 0 Å². The van der Waals surface area contributed by atoms with Gasteiger partial charge in [0.2, 0.25) is 5.79 Å². The first-order valence-electron chi connectivity index (χ1n) is 8.89. The lowest BCUT2D eigenvalue weighted by Gasteiger charge is -2.33. The maximum Gasteiger partial charge on any atom is 0.511 e. The molecule has 0 aromatic rings. The molecule has 0 bridgehead atoms. The molecule has 0 N–H and O–H groups in total. The van der Waals surface area contributed by atoms with Gasteiger partial charge >= 0.3 is 12.3 Å². The van der Waals surface area contributed by atoms with Crippen molar-refractivity contribution in [1.29, 1.82) is 0 Å². The van der Waals surface area contributed by atoms with Gasteiger partial charge < -0.3 is 23.7 Å². The third kappa shape index (κ3) is 4.90. The second kappa shape index (κ2) is 6.44. The third-order valence-electron chi connectivity index (χ3n) is 3.90. The largest absolute Gasteiger partial charge is 0.511 e. The number of hydrogen-bond acceptors (Lipinski definition) is 7. The second-order valence-corrected chi connectivity index (χ2v) is 9.11. The quantitative estimate of drug-likeness (QED) is 0.540. The summed E-state index contributed by atoms with van der Waals surface area (Å²) in [6.07, 6.45) is 1.93. The van der Waals surface area contributed by atoms with Crippen LogP contribution in [0.15, 0.2) is 12.2 Å². The summed E-state index contributed by atoms with van der Waals surface area (Å²) in [5.74, 6) is -1.41.